The molecule has 0 bridgehead atoms. The van der Waals surface area contributed by atoms with Crippen LogP contribution in [0.4, 0.5) is 10.3 Å². The summed E-state index contributed by atoms with van der Waals surface area (Å²) in [6.45, 7) is 0. The maximum Gasteiger partial charge on any atom is 0.227 e. The van der Waals surface area contributed by atoms with Gasteiger partial charge in [-0.2, -0.15) is 4.98 Å². The van der Waals surface area contributed by atoms with Crippen LogP contribution in [-0.4, -0.2) is 28.1 Å². The van der Waals surface area contributed by atoms with Crippen molar-refractivity contribution in [2.75, 3.05) is 18.7 Å². The molecule has 8 heteroatoms. The number of nitrogens with zero attached hydrogens (tertiary/aromatic N) is 3. The molecule has 3 heterocycles. The van der Waals surface area contributed by atoms with Crippen LogP contribution in [-0.2, 0) is 0 Å². The van der Waals surface area contributed by atoms with Gasteiger partial charge in [0.25, 0.3) is 0 Å². The fraction of sp³-hybridized carbons (Fsp3) is 0.154. The summed E-state index contributed by atoms with van der Waals surface area (Å²) >= 11 is 1.48. The summed E-state index contributed by atoms with van der Waals surface area (Å²) in [7, 11) is 1.65. The number of ether oxygens (including phenoxy) is 2. The third kappa shape index (κ3) is 3.33. The summed E-state index contributed by atoms with van der Waals surface area (Å²) < 4.78 is 28.1. The number of hydrogen-bond donors (Lipinski definition) is 1. The van der Waals surface area contributed by atoms with E-state index >= 15 is 0 Å². The fourth-order valence-corrected chi connectivity index (χ4v) is 4.94. The third-order valence-corrected chi connectivity index (χ3v) is 6.66. The second-order valence-corrected chi connectivity index (χ2v) is 8.82. The smallest absolute Gasteiger partial charge is 0.227 e. The topological polar surface area (TPSA) is 61.2 Å². The molecule has 2 atom stereocenters. The second kappa shape index (κ2) is 8.22. The molecule has 0 amide bonds. The van der Waals surface area contributed by atoms with Crippen molar-refractivity contribution in [2.24, 2.45) is 0 Å². The van der Waals surface area contributed by atoms with Crippen molar-refractivity contribution < 1.29 is 13.9 Å². The Balaban J connectivity index is 1.62. The number of hydrogen-bond acceptors (Lipinski definition) is 6. The van der Waals surface area contributed by atoms with Gasteiger partial charge in [-0.05, 0) is 53.8 Å². The Hall–Kier alpha value is -3.78. The van der Waals surface area contributed by atoms with Crippen LogP contribution < -0.4 is 14.8 Å². The highest BCUT2D eigenvalue weighted by Gasteiger charge is 2.41. The number of aromatic nitrogens is 3. The van der Waals surface area contributed by atoms with Gasteiger partial charge >= 0.3 is 0 Å². The zero-order chi connectivity index (χ0) is 23.2. The number of methoxy groups -OCH3 is 1. The molecule has 6 rings (SSSR count). The molecule has 1 N–H and O–H groups in total. The van der Waals surface area contributed by atoms with E-state index in [1.54, 1.807) is 13.2 Å². The average molecular weight is 473 g/mol. The Labute approximate surface area is 200 Å². The minimum absolute atomic E-state index is 0.307. The lowest BCUT2D eigenvalue weighted by molar-refractivity contribution is 0.222. The zero-order valence-corrected chi connectivity index (χ0v) is 19.3. The molecule has 0 spiro atoms. The minimum atomic E-state index is -0.518. The number of fused-ring (bicyclic) bond motifs is 3. The van der Waals surface area contributed by atoms with Gasteiger partial charge in [-0.15, -0.1) is 5.10 Å². The van der Waals surface area contributed by atoms with Gasteiger partial charge in [0.15, 0.2) is 0 Å². The quantitative estimate of drug-likeness (QED) is 0.384. The maximum atomic E-state index is 14.3. The number of rotatable bonds is 4. The lowest BCUT2D eigenvalue weighted by Gasteiger charge is -2.38. The van der Waals surface area contributed by atoms with Gasteiger partial charge < -0.3 is 14.8 Å². The minimum Gasteiger partial charge on any atom is -0.497 e. The van der Waals surface area contributed by atoms with Crippen molar-refractivity contribution >= 4 is 23.4 Å². The lowest BCUT2D eigenvalue weighted by Crippen LogP contribution is -2.32. The van der Waals surface area contributed by atoms with E-state index in [9.17, 15) is 4.39 Å². The Morgan fingerprint density at radius 3 is 2.62 bits per heavy atom. The van der Waals surface area contributed by atoms with Gasteiger partial charge in [0, 0.05) is 11.1 Å². The Morgan fingerprint density at radius 2 is 1.85 bits per heavy atom. The molecule has 0 saturated heterocycles. The highest BCUT2D eigenvalue weighted by Crippen LogP contribution is 2.51. The average Bonchev–Trinajstić information content (AvgIpc) is 3.30. The molecule has 170 valence electrons. The van der Waals surface area contributed by atoms with Crippen LogP contribution in [0.1, 0.15) is 28.8 Å². The number of para-hydroxylation sites is 1. The molecule has 2 aliphatic heterocycles. The summed E-state index contributed by atoms with van der Waals surface area (Å²) in [6.07, 6.45) is 1.43. The van der Waals surface area contributed by atoms with Crippen molar-refractivity contribution in [1.82, 2.24) is 14.8 Å². The molecule has 4 aromatic rings. The van der Waals surface area contributed by atoms with Crippen molar-refractivity contribution in [3.8, 4) is 11.5 Å². The van der Waals surface area contributed by atoms with E-state index in [1.165, 1.54) is 23.9 Å². The number of halogens is 1. The van der Waals surface area contributed by atoms with Crippen molar-refractivity contribution in [3.05, 3.63) is 101 Å². The zero-order valence-electron chi connectivity index (χ0n) is 18.5. The molecule has 0 saturated carbocycles. The molecule has 0 fully saturated rings. The van der Waals surface area contributed by atoms with Gasteiger partial charge in [-0.25, -0.2) is 9.07 Å². The normalized spacial score (nSPS) is 18.3. The van der Waals surface area contributed by atoms with Crippen molar-refractivity contribution in [3.63, 3.8) is 0 Å². The third-order valence-electron chi connectivity index (χ3n) is 6.13. The largest absolute Gasteiger partial charge is 0.497 e. The molecule has 0 radical (unpaired) electrons. The Morgan fingerprint density at radius 1 is 1.03 bits per heavy atom. The van der Waals surface area contributed by atoms with Crippen LogP contribution in [0.5, 0.6) is 11.5 Å². The van der Waals surface area contributed by atoms with E-state index in [-0.39, 0.29) is 11.9 Å². The molecule has 3 aromatic carbocycles. The van der Waals surface area contributed by atoms with Crippen LogP contribution in [0.25, 0.3) is 5.70 Å². The van der Waals surface area contributed by atoms with Gasteiger partial charge in [-0.3, -0.25) is 0 Å². The molecule has 34 heavy (non-hydrogen) atoms. The van der Waals surface area contributed by atoms with Crippen molar-refractivity contribution in [2.45, 2.75) is 17.3 Å². The number of benzene rings is 3. The monoisotopic (exact) mass is 472 g/mol. The molecule has 2 aliphatic rings. The van der Waals surface area contributed by atoms with E-state index in [1.807, 2.05) is 65.5 Å². The molecular formula is C26H21FN4O2S. The second-order valence-electron chi connectivity index (χ2n) is 8.05. The summed E-state index contributed by atoms with van der Waals surface area (Å²) in [5, 5.41) is 8.94. The van der Waals surface area contributed by atoms with Crippen LogP contribution in [0, 0.1) is 5.82 Å². The first-order valence-corrected chi connectivity index (χ1v) is 12.1. The number of nitrogens with one attached hydrogen (secondary N) is 1. The molecular weight excluding hydrogens is 451 g/mol. The highest BCUT2D eigenvalue weighted by molar-refractivity contribution is 7.98. The van der Waals surface area contributed by atoms with E-state index in [2.05, 4.69) is 5.32 Å². The van der Waals surface area contributed by atoms with Crippen molar-refractivity contribution in [1.29, 1.82) is 0 Å². The molecule has 0 aliphatic carbocycles. The summed E-state index contributed by atoms with van der Waals surface area (Å²) in [6, 6.07) is 22.0. The lowest BCUT2D eigenvalue weighted by atomic mass is 9.84. The Kier molecular flexibility index (Phi) is 5.03. The van der Waals surface area contributed by atoms with Crippen LogP contribution >= 0.6 is 11.8 Å². The highest BCUT2D eigenvalue weighted by atomic mass is 32.2. The van der Waals surface area contributed by atoms with Crippen LogP contribution in [0.3, 0.4) is 0 Å². The van der Waals surface area contributed by atoms with Gasteiger partial charge in [-0.1, -0.05) is 48.2 Å². The summed E-state index contributed by atoms with van der Waals surface area (Å²) in [4.78, 5) is 4.70. The predicted octanol–water partition coefficient (Wildman–Crippen LogP) is 5.71. The predicted molar refractivity (Wildman–Crippen MR) is 130 cm³/mol. The number of anilines is 1. The maximum absolute atomic E-state index is 14.3. The first-order valence-electron chi connectivity index (χ1n) is 10.8. The van der Waals surface area contributed by atoms with E-state index in [0.29, 0.717) is 11.1 Å². The van der Waals surface area contributed by atoms with Gasteiger partial charge in [0.1, 0.15) is 29.5 Å². The number of thioether (sulfide) groups is 1. The fourth-order valence-electron chi connectivity index (χ4n) is 4.60. The van der Waals surface area contributed by atoms with E-state index < -0.39 is 6.10 Å². The van der Waals surface area contributed by atoms with Gasteiger partial charge in [0.05, 0.1) is 12.8 Å². The van der Waals surface area contributed by atoms with Crippen LogP contribution in [0.2, 0.25) is 0 Å². The van der Waals surface area contributed by atoms with E-state index in [0.717, 1.165) is 39.5 Å². The van der Waals surface area contributed by atoms with E-state index in [4.69, 9.17) is 19.6 Å². The first-order chi connectivity index (χ1) is 16.7. The summed E-state index contributed by atoms with van der Waals surface area (Å²) in [5.74, 6) is 1.84. The van der Waals surface area contributed by atoms with Gasteiger partial charge in [0.2, 0.25) is 11.1 Å². The molecule has 0 unspecified atom stereocenters. The standard InChI is InChI=1S/C26H21FN4O2S/c1-32-18-12-10-15(11-13-18)23-21-22(28-25-29-26(34-2)30-31(23)25)19-8-3-4-9-20(19)33-24(21)16-6-5-7-17(27)14-16/h3-14,23-24H,1-2H3,(H,28,29,30)/t23-,24+/m0/s1. The van der Waals surface area contributed by atoms with Crippen LogP contribution in [0.15, 0.2) is 83.5 Å². The Bertz CT molecular complexity index is 1420. The molecule has 1 aromatic heterocycles. The SMILES string of the molecule is COc1ccc([C@H]2C3=C(Nc4nc(SC)nn42)c2ccccc2O[C@@H]3c2cccc(F)c2)cc1. The first kappa shape index (κ1) is 20.8. The molecule has 6 nitrogen and oxygen atoms in total. The summed E-state index contributed by atoms with van der Waals surface area (Å²) in [5.41, 5.74) is 4.52.